The van der Waals surface area contributed by atoms with Crippen molar-refractivity contribution in [1.82, 2.24) is 0 Å². The summed E-state index contributed by atoms with van der Waals surface area (Å²) in [5.41, 5.74) is 2.05. The molecular formula is C14H17NO. The van der Waals surface area contributed by atoms with Crippen LogP contribution in [0.1, 0.15) is 31.4 Å². The van der Waals surface area contributed by atoms with E-state index in [2.05, 4.69) is 32.0 Å². The van der Waals surface area contributed by atoms with E-state index in [0.717, 1.165) is 24.2 Å². The smallest absolute Gasteiger partial charge is 0.123 e. The van der Waals surface area contributed by atoms with Crippen molar-refractivity contribution in [3.8, 4) is 11.8 Å². The van der Waals surface area contributed by atoms with Crippen LogP contribution in [0.15, 0.2) is 18.2 Å². The van der Waals surface area contributed by atoms with Crippen LogP contribution in [-0.2, 0) is 11.8 Å². The number of nitriles is 1. The Balaban J connectivity index is 2.50. The molecule has 1 fully saturated rings. The minimum atomic E-state index is -0.295. The molecule has 16 heavy (non-hydrogen) atoms. The third-order valence-corrected chi connectivity index (χ3v) is 3.66. The molecule has 2 nitrogen and oxygen atoms in total. The van der Waals surface area contributed by atoms with Gasteiger partial charge in [-0.2, -0.15) is 5.26 Å². The number of hydrogen-bond acceptors (Lipinski definition) is 2. The Labute approximate surface area is 96.9 Å². The lowest BCUT2D eigenvalue weighted by Gasteiger charge is -2.14. The zero-order valence-corrected chi connectivity index (χ0v) is 10.1. The molecule has 2 rings (SSSR count). The quantitative estimate of drug-likeness (QED) is 0.776. The van der Waals surface area contributed by atoms with Crippen LogP contribution < -0.4 is 4.74 Å². The fraction of sp³-hybridized carbons (Fsp3) is 0.500. The molecule has 0 heterocycles. The summed E-state index contributed by atoms with van der Waals surface area (Å²) in [6, 6.07) is 8.65. The number of nitrogens with zero attached hydrogens (tertiary/aromatic N) is 1. The van der Waals surface area contributed by atoms with Gasteiger partial charge in [0.1, 0.15) is 5.75 Å². The van der Waals surface area contributed by atoms with Crippen molar-refractivity contribution in [2.45, 2.75) is 32.1 Å². The van der Waals surface area contributed by atoms with Crippen LogP contribution in [0.3, 0.4) is 0 Å². The van der Waals surface area contributed by atoms with Gasteiger partial charge in [0.05, 0.1) is 18.6 Å². The third-order valence-electron chi connectivity index (χ3n) is 3.66. The van der Waals surface area contributed by atoms with Gasteiger partial charge >= 0.3 is 0 Å². The summed E-state index contributed by atoms with van der Waals surface area (Å²) >= 11 is 0. The minimum absolute atomic E-state index is 0.295. The maximum Gasteiger partial charge on any atom is 0.123 e. The predicted octanol–water partition coefficient (Wildman–Crippen LogP) is 3.06. The SMILES string of the molecule is CCc1ccc(OC)c(C2(C#N)CC2C)c1. The second kappa shape index (κ2) is 3.83. The van der Waals surface area contributed by atoms with E-state index in [0.29, 0.717) is 5.92 Å². The highest BCUT2D eigenvalue weighted by molar-refractivity contribution is 5.51. The molecule has 0 N–H and O–H groups in total. The van der Waals surface area contributed by atoms with Crippen LogP contribution >= 0.6 is 0 Å². The summed E-state index contributed by atoms with van der Waals surface area (Å²) < 4.78 is 5.37. The van der Waals surface area contributed by atoms with Gasteiger partial charge in [0.2, 0.25) is 0 Å². The summed E-state index contributed by atoms with van der Waals surface area (Å²) in [4.78, 5) is 0. The Morgan fingerprint density at radius 3 is 2.69 bits per heavy atom. The largest absolute Gasteiger partial charge is 0.496 e. The first-order chi connectivity index (χ1) is 7.67. The van der Waals surface area contributed by atoms with Gasteiger partial charge in [-0.3, -0.25) is 0 Å². The van der Waals surface area contributed by atoms with Crippen LogP contribution in [0.4, 0.5) is 0 Å². The summed E-state index contributed by atoms with van der Waals surface area (Å²) in [6.45, 7) is 4.25. The van der Waals surface area contributed by atoms with E-state index < -0.39 is 0 Å². The maximum absolute atomic E-state index is 9.36. The second-order valence-electron chi connectivity index (χ2n) is 4.58. The van der Waals surface area contributed by atoms with Crippen molar-refractivity contribution < 1.29 is 4.74 Å². The Bertz CT molecular complexity index is 447. The number of hydrogen-bond donors (Lipinski definition) is 0. The van der Waals surface area contributed by atoms with Crippen molar-refractivity contribution in [2.75, 3.05) is 7.11 Å². The van der Waals surface area contributed by atoms with E-state index in [1.807, 2.05) is 6.07 Å². The maximum atomic E-state index is 9.36. The molecule has 0 aliphatic heterocycles. The average molecular weight is 215 g/mol. The van der Waals surface area contributed by atoms with Crippen LogP contribution in [0.5, 0.6) is 5.75 Å². The number of methoxy groups -OCH3 is 1. The first-order valence-electron chi connectivity index (χ1n) is 5.76. The molecule has 2 heteroatoms. The highest BCUT2D eigenvalue weighted by atomic mass is 16.5. The van der Waals surface area contributed by atoms with Gasteiger partial charge in [0.15, 0.2) is 0 Å². The second-order valence-corrected chi connectivity index (χ2v) is 4.58. The van der Waals surface area contributed by atoms with Gasteiger partial charge in [-0.25, -0.2) is 0 Å². The molecule has 0 radical (unpaired) electrons. The Hall–Kier alpha value is -1.49. The van der Waals surface area contributed by atoms with Crippen molar-refractivity contribution in [1.29, 1.82) is 5.26 Å². The topological polar surface area (TPSA) is 33.0 Å². The van der Waals surface area contributed by atoms with Crippen LogP contribution in [0.25, 0.3) is 0 Å². The molecule has 1 aliphatic carbocycles. The molecular weight excluding hydrogens is 198 g/mol. The zero-order chi connectivity index (χ0) is 11.8. The Morgan fingerprint density at radius 1 is 1.56 bits per heavy atom. The van der Waals surface area contributed by atoms with Gasteiger partial charge in [-0.15, -0.1) is 0 Å². The van der Waals surface area contributed by atoms with Gasteiger partial charge in [-0.05, 0) is 30.4 Å². The zero-order valence-electron chi connectivity index (χ0n) is 10.1. The van der Waals surface area contributed by atoms with Gasteiger partial charge < -0.3 is 4.74 Å². The van der Waals surface area contributed by atoms with Crippen LogP contribution in [-0.4, -0.2) is 7.11 Å². The van der Waals surface area contributed by atoms with Crippen molar-refractivity contribution >= 4 is 0 Å². The number of benzene rings is 1. The van der Waals surface area contributed by atoms with E-state index in [4.69, 9.17) is 4.74 Å². The molecule has 0 spiro atoms. The lowest BCUT2D eigenvalue weighted by molar-refractivity contribution is 0.406. The summed E-state index contributed by atoms with van der Waals surface area (Å²) in [7, 11) is 1.67. The molecule has 1 aromatic rings. The first-order valence-corrected chi connectivity index (χ1v) is 5.76. The molecule has 84 valence electrons. The summed E-state index contributed by atoms with van der Waals surface area (Å²) in [5.74, 6) is 1.29. The molecule has 2 unspecified atom stereocenters. The summed E-state index contributed by atoms with van der Waals surface area (Å²) in [5, 5.41) is 9.36. The van der Waals surface area contributed by atoms with E-state index in [1.54, 1.807) is 7.11 Å². The highest BCUT2D eigenvalue weighted by Gasteiger charge is 2.54. The van der Waals surface area contributed by atoms with E-state index in [9.17, 15) is 5.26 Å². The molecule has 1 aliphatic rings. The standard InChI is InChI=1S/C14H17NO/c1-4-11-5-6-13(16-3)12(7-11)14(9-15)8-10(14)2/h5-7,10H,4,8H2,1-3H3. The summed E-state index contributed by atoms with van der Waals surface area (Å²) in [6.07, 6.45) is 1.94. The van der Waals surface area contributed by atoms with Crippen molar-refractivity contribution in [3.05, 3.63) is 29.3 Å². The minimum Gasteiger partial charge on any atom is -0.496 e. The molecule has 0 bridgehead atoms. The lowest BCUT2D eigenvalue weighted by Crippen LogP contribution is -2.08. The van der Waals surface area contributed by atoms with Gasteiger partial charge in [0, 0.05) is 5.56 Å². The molecule has 0 amide bonds. The Morgan fingerprint density at radius 2 is 2.25 bits per heavy atom. The monoisotopic (exact) mass is 215 g/mol. The first kappa shape index (κ1) is 11.0. The van der Waals surface area contributed by atoms with E-state index >= 15 is 0 Å². The molecule has 0 saturated heterocycles. The normalized spacial score (nSPS) is 27.2. The van der Waals surface area contributed by atoms with Crippen molar-refractivity contribution in [3.63, 3.8) is 0 Å². The fourth-order valence-electron chi connectivity index (χ4n) is 2.34. The van der Waals surface area contributed by atoms with Gasteiger partial charge in [0.25, 0.3) is 0 Å². The molecule has 1 aromatic carbocycles. The molecule has 1 saturated carbocycles. The van der Waals surface area contributed by atoms with Crippen molar-refractivity contribution in [2.24, 2.45) is 5.92 Å². The van der Waals surface area contributed by atoms with E-state index in [-0.39, 0.29) is 5.41 Å². The van der Waals surface area contributed by atoms with Gasteiger partial charge in [-0.1, -0.05) is 26.0 Å². The third kappa shape index (κ3) is 1.48. The molecule has 0 aromatic heterocycles. The lowest BCUT2D eigenvalue weighted by atomic mass is 9.92. The highest BCUT2D eigenvalue weighted by Crippen LogP contribution is 2.56. The Kier molecular flexibility index (Phi) is 2.63. The number of rotatable bonds is 3. The van der Waals surface area contributed by atoms with E-state index in [1.165, 1.54) is 5.56 Å². The molecule has 2 atom stereocenters. The average Bonchev–Trinajstić information content (AvgIpc) is 3.00. The number of aryl methyl sites for hydroxylation is 1. The number of ether oxygens (including phenoxy) is 1. The van der Waals surface area contributed by atoms with Crippen LogP contribution in [0, 0.1) is 17.2 Å². The van der Waals surface area contributed by atoms with Crippen LogP contribution in [0.2, 0.25) is 0 Å². The predicted molar refractivity (Wildman–Crippen MR) is 63.4 cm³/mol. The fourth-order valence-corrected chi connectivity index (χ4v) is 2.34.